The van der Waals surface area contributed by atoms with E-state index in [1.165, 1.54) is 4.90 Å². The molecule has 9 heteroatoms. The van der Waals surface area contributed by atoms with E-state index in [0.717, 1.165) is 11.1 Å². The van der Waals surface area contributed by atoms with Gasteiger partial charge in [0.2, 0.25) is 5.91 Å². The number of primary amides is 1. The van der Waals surface area contributed by atoms with Crippen LogP contribution < -0.4 is 16.0 Å². The Hall–Kier alpha value is -3.43. The molecule has 1 aliphatic heterocycles. The van der Waals surface area contributed by atoms with Gasteiger partial charge in [-0.05, 0) is 17.7 Å². The minimum atomic E-state index is -1.40. The van der Waals surface area contributed by atoms with Crippen LogP contribution >= 0.6 is 0 Å². The molecule has 0 saturated carbocycles. The normalized spacial score (nSPS) is 16.2. The van der Waals surface area contributed by atoms with Crippen LogP contribution in [0, 0.1) is 5.41 Å². The van der Waals surface area contributed by atoms with Crippen molar-refractivity contribution in [3.05, 3.63) is 59.7 Å². The van der Waals surface area contributed by atoms with Crippen molar-refractivity contribution < 1.29 is 29.3 Å². The molecule has 0 aromatic heterocycles. The van der Waals surface area contributed by atoms with Crippen LogP contribution in [0.15, 0.2) is 48.5 Å². The Morgan fingerprint density at radius 3 is 2.45 bits per heavy atom. The van der Waals surface area contributed by atoms with E-state index in [2.05, 4.69) is 5.32 Å². The highest BCUT2D eigenvalue weighted by Gasteiger charge is 2.36. The molecule has 2 aromatic rings. The van der Waals surface area contributed by atoms with Gasteiger partial charge in [0.15, 0.2) is 0 Å². The largest absolute Gasteiger partial charge is 0.481 e. The van der Waals surface area contributed by atoms with Gasteiger partial charge in [-0.1, -0.05) is 50.2 Å². The topological polar surface area (TPSA) is 142 Å². The maximum Gasteiger partial charge on any atom is 0.323 e. The monoisotopic (exact) mass is 455 g/mol. The average Bonchev–Trinajstić information content (AvgIpc) is 2.91. The molecule has 3 amide bonds. The number of rotatable bonds is 8. The van der Waals surface area contributed by atoms with E-state index in [9.17, 15) is 19.5 Å². The number of ether oxygens (including phenoxy) is 1. The van der Waals surface area contributed by atoms with Crippen LogP contribution in [0.5, 0.6) is 0 Å². The summed E-state index contributed by atoms with van der Waals surface area (Å²) < 4.78 is 6.24. The molecule has 0 unspecified atom stereocenters. The number of anilines is 2. The number of hydrogen-bond donors (Lipinski definition) is 4. The second kappa shape index (κ2) is 10.0. The van der Waals surface area contributed by atoms with Crippen LogP contribution in [0.4, 0.5) is 16.2 Å². The van der Waals surface area contributed by atoms with E-state index >= 15 is 0 Å². The molecule has 3 rings (SSSR count). The lowest BCUT2D eigenvalue weighted by Gasteiger charge is -2.31. The lowest BCUT2D eigenvalue weighted by Crippen LogP contribution is -2.46. The summed E-state index contributed by atoms with van der Waals surface area (Å²) in [6.07, 6.45) is -1.62. The predicted molar refractivity (Wildman–Crippen MR) is 122 cm³/mol. The number of amides is 3. The van der Waals surface area contributed by atoms with E-state index in [0.29, 0.717) is 17.8 Å². The summed E-state index contributed by atoms with van der Waals surface area (Å²) in [7, 11) is 0. The molecule has 0 aliphatic carbocycles. The van der Waals surface area contributed by atoms with Gasteiger partial charge in [0.1, 0.15) is 6.10 Å². The molecule has 0 spiro atoms. The van der Waals surface area contributed by atoms with Crippen molar-refractivity contribution in [1.82, 2.24) is 5.32 Å². The number of aliphatic carboxylic acids is 1. The zero-order valence-electron chi connectivity index (χ0n) is 18.7. The smallest absolute Gasteiger partial charge is 0.323 e. The van der Waals surface area contributed by atoms with E-state index in [1.54, 1.807) is 19.9 Å². The number of carboxylic acids is 1. The van der Waals surface area contributed by atoms with Crippen LogP contribution in [0.1, 0.15) is 37.5 Å². The summed E-state index contributed by atoms with van der Waals surface area (Å²) in [6, 6.07) is 14.2. The van der Waals surface area contributed by atoms with Gasteiger partial charge >= 0.3 is 12.0 Å². The number of carboxylic acid groups (broad SMARTS) is 1. The van der Waals surface area contributed by atoms with Crippen molar-refractivity contribution in [3.8, 4) is 0 Å². The first kappa shape index (κ1) is 24.2. The highest BCUT2D eigenvalue weighted by Crippen LogP contribution is 2.42. The number of urea groups is 1. The van der Waals surface area contributed by atoms with Crippen LogP contribution in [-0.4, -0.2) is 47.4 Å². The molecule has 9 nitrogen and oxygen atoms in total. The Balaban J connectivity index is 1.81. The number of hydrogen-bond acceptors (Lipinski definition) is 5. The summed E-state index contributed by atoms with van der Waals surface area (Å²) in [5.41, 5.74) is 7.70. The summed E-state index contributed by atoms with van der Waals surface area (Å²) >= 11 is 0. The van der Waals surface area contributed by atoms with Gasteiger partial charge < -0.3 is 26.0 Å². The maximum absolute atomic E-state index is 12.3. The van der Waals surface area contributed by atoms with Crippen molar-refractivity contribution in [2.45, 2.75) is 38.9 Å². The van der Waals surface area contributed by atoms with Gasteiger partial charge in [0.05, 0.1) is 30.5 Å². The highest BCUT2D eigenvalue weighted by molar-refractivity contribution is 6.00. The second-order valence-electron chi connectivity index (χ2n) is 8.69. The van der Waals surface area contributed by atoms with E-state index < -0.39 is 35.5 Å². The number of carbonyl (C=O) groups is 3. The van der Waals surface area contributed by atoms with E-state index in [1.807, 2.05) is 42.5 Å². The highest BCUT2D eigenvalue weighted by atomic mass is 16.5. The zero-order chi connectivity index (χ0) is 24.2. The molecule has 1 aliphatic rings. The molecule has 0 saturated heterocycles. The molecule has 0 fully saturated rings. The standard InChI is InChI=1S/C24H29N3O6/c1-24(2,21(30)22(31)26-12-11-20(28)29)14-33-19-13-15-7-3-5-9-17(15)27(23(25)32)18-10-6-4-8-16(18)19/h3-10,19,21,30H,11-14H2,1-2H3,(H2,25,32)(H,26,31)(H,28,29)/t19-,21-/m0/s1. The number of nitrogens with one attached hydrogen (secondary N) is 1. The summed E-state index contributed by atoms with van der Waals surface area (Å²) in [5, 5.41) is 21.7. The lowest BCUT2D eigenvalue weighted by molar-refractivity contribution is -0.140. The van der Waals surface area contributed by atoms with Crippen LogP contribution in [-0.2, 0) is 20.7 Å². The van der Waals surface area contributed by atoms with Gasteiger partial charge in [-0.2, -0.15) is 0 Å². The molecule has 2 aromatic carbocycles. The van der Waals surface area contributed by atoms with Crippen LogP contribution in [0.2, 0.25) is 0 Å². The molecule has 176 valence electrons. The van der Waals surface area contributed by atoms with Gasteiger partial charge in [-0.25, -0.2) is 4.79 Å². The number of aliphatic hydroxyl groups excluding tert-OH is 1. The van der Waals surface area contributed by atoms with Crippen molar-refractivity contribution in [2.24, 2.45) is 11.1 Å². The number of benzene rings is 2. The third-order valence-electron chi connectivity index (χ3n) is 5.67. The van der Waals surface area contributed by atoms with Crippen molar-refractivity contribution in [3.63, 3.8) is 0 Å². The summed E-state index contributed by atoms with van der Waals surface area (Å²) in [6.45, 7) is 3.36. The number of carbonyl (C=O) groups excluding carboxylic acids is 2. The van der Waals surface area contributed by atoms with Crippen LogP contribution in [0.3, 0.4) is 0 Å². The molecule has 5 N–H and O–H groups in total. The summed E-state index contributed by atoms with van der Waals surface area (Å²) in [5.74, 6) is -1.69. The number of fused-ring (bicyclic) bond motifs is 2. The minimum absolute atomic E-state index is 0.0399. The third kappa shape index (κ3) is 5.50. The first-order chi connectivity index (χ1) is 15.6. The third-order valence-corrected chi connectivity index (χ3v) is 5.67. The Bertz CT molecular complexity index is 1040. The second-order valence-corrected chi connectivity index (χ2v) is 8.69. The molecular formula is C24H29N3O6. The van der Waals surface area contributed by atoms with Gasteiger partial charge in [0.25, 0.3) is 0 Å². The number of nitrogens with zero attached hydrogens (tertiary/aromatic N) is 1. The summed E-state index contributed by atoms with van der Waals surface area (Å²) in [4.78, 5) is 36.7. The van der Waals surface area contributed by atoms with Crippen molar-refractivity contribution in [2.75, 3.05) is 18.1 Å². The number of aliphatic hydroxyl groups is 1. The van der Waals surface area contributed by atoms with Crippen molar-refractivity contribution in [1.29, 1.82) is 0 Å². The fraction of sp³-hybridized carbons (Fsp3) is 0.375. The fourth-order valence-electron chi connectivity index (χ4n) is 3.83. The molecule has 0 radical (unpaired) electrons. The van der Waals surface area contributed by atoms with Gasteiger partial charge in [0, 0.05) is 23.9 Å². The quantitative estimate of drug-likeness (QED) is 0.482. The first-order valence-corrected chi connectivity index (χ1v) is 10.7. The molecule has 1 heterocycles. The molecular weight excluding hydrogens is 426 g/mol. The number of para-hydroxylation sites is 2. The maximum atomic E-state index is 12.3. The molecule has 33 heavy (non-hydrogen) atoms. The Kier molecular flexibility index (Phi) is 7.35. The zero-order valence-corrected chi connectivity index (χ0v) is 18.7. The van der Waals surface area contributed by atoms with Crippen molar-refractivity contribution >= 4 is 29.3 Å². The van der Waals surface area contributed by atoms with Gasteiger partial charge in [-0.3, -0.25) is 14.5 Å². The van der Waals surface area contributed by atoms with Gasteiger partial charge in [-0.15, -0.1) is 0 Å². The molecule has 2 atom stereocenters. The Labute approximate surface area is 192 Å². The van der Waals surface area contributed by atoms with Crippen LogP contribution in [0.25, 0.3) is 0 Å². The average molecular weight is 456 g/mol. The Morgan fingerprint density at radius 2 is 1.79 bits per heavy atom. The Morgan fingerprint density at radius 1 is 1.15 bits per heavy atom. The lowest BCUT2D eigenvalue weighted by atomic mass is 9.86. The fourth-order valence-corrected chi connectivity index (χ4v) is 3.83. The minimum Gasteiger partial charge on any atom is -0.481 e. The molecule has 0 bridgehead atoms. The van der Waals surface area contributed by atoms with E-state index in [4.69, 9.17) is 15.6 Å². The predicted octanol–water partition coefficient (Wildman–Crippen LogP) is 2.50. The van der Waals surface area contributed by atoms with E-state index in [-0.39, 0.29) is 19.6 Å². The first-order valence-electron chi connectivity index (χ1n) is 10.7. The SMILES string of the molecule is CC(C)(CO[C@H]1Cc2ccccc2N(C(N)=O)c2ccccc21)[C@@H](O)C(=O)NCCC(=O)O. The number of nitrogens with two attached hydrogens (primary N) is 1.